The van der Waals surface area contributed by atoms with Crippen molar-refractivity contribution >= 4 is 12.9 Å². The lowest BCUT2D eigenvalue weighted by atomic mass is 10.2. The van der Waals surface area contributed by atoms with Crippen LogP contribution in [0.3, 0.4) is 0 Å². The van der Waals surface area contributed by atoms with Gasteiger partial charge in [0.15, 0.2) is 0 Å². The molecule has 10 heavy (non-hydrogen) atoms. The highest BCUT2D eigenvalue weighted by Gasteiger charge is 1.91. The predicted octanol–water partition coefficient (Wildman–Crippen LogP) is 1.75. The molecule has 1 rings (SSSR count). The van der Waals surface area contributed by atoms with Crippen LogP contribution in [0.1, 0.15) is 5.56 Å². The van der Waals surface area contributed by atoms with E-state index in [4.69, 9.17) is 5.11 Å². The minimum Gasteiger partial charge on any atom is -0.508 e. The van der Waals surface area contributed by atoms with Crippen LogP contribution in [0.25, 0.3) is 0 Å². The Bertz CT molecular complexity index is 213. The summed E-state index contributed by atoms with van der Waals surface area (Å²) in [5.74, 6) is 0.253. The van der Waals surface area contributed by atoms with E-state index in [2.05, 4.69) is 17.1 Å². The van der Waals surface area contributed by atoms with Crippen LogP contribution in [-0.4, -0.2) is 5.11 Å². The SMILES string of the molecule is Oc1cccc(COS)c1. The van der Waals surface area contributed by atoms with Gasteiger partial charge in [-0.1, -0.05) is 12.1 Å². The fourth-order valence-electron chi connectivity index (χ4n) is 0.721. The number of rotatable bonds is 2. The second-order valence-corrected chi connectivity index (χ2v) is 2.20. The van der Waals surface area contributed by atoms with Gasteiger partial charge in [-0.25, -0.2) is 0 Å². The molecule has 0 aliphatic rings. The fourth-order valence-corrected chi connectivity index (χ4v) is 0.870. The Kier molecular flexibility index (Phi) is 2.59. The summed E-state index contributed by atoms with van der Waals surface area (Å²) in [6.45, 7) is 0.414. The normalized spacial score (nSPS) is 9.70. The van der Waals surface area contributed by atoms with Gasteiger partial charge in [-0.05, 0) is 30.6 Å². The van der Waals surface area contributed by atoms with Crippen LogP contribution in [0.15, 0.2) is 24.3 Å². The van der Waals surface area contributed by atoms with Crippen molar-refractivity contribution in [2.45, 2.75) is 6.61 Å². The molecule has 0 saturated heterocycles. The number of phenols is 1. The average molecular weight is 156 g/mol. The van der Waals surface area contributed by atoms with Gasteiger partial charge in [0.2, 0.25) is 0 Å². The van der Waals surface area contributed by atoms with Crippen molar-refractivity contribution in [3.8, 4) is 5.75 Å². The highest BCUT2D eigenvalue weighted by molar-refractivity contribution is 7.75. The highest BCUT2D eigenvalue weighted by Crippen LogP contribution is 2.11. The maximum Gasteiger partial charge on any atom is 0.115 e. The van der Waals surface area contributed by atoms with Crippen molar-refractivity contribution in [3.63, 3.8) is 0 Å². The summed E-state index contributed by atoms with van der Waals surface area (Å²) in [5.41, 5.74) is 0.912. The van der Waals surface area contributed by atoms with Gasteiger partial charge in [-0.3, -0.25) is 0 Å². The number of thiol groups is 1. The van der Waals surface area contributed by atoms with Gasteiger partial charge in [0.1, 0.15) is 5.75 Å². The van der Waals surface area contributed by atoms with Crippen LogP contribution < -0.4 is 0 Å². The van der Waals surface area contributed by atoms with Gasteiger partial charge < -0.3 is 9.29 Å². The van der Waals surface area contributed by atoms with E-state index in [1.165, 1.54) is 0 Å². The standard InChI is InChI=1S/C7H8O2S/c8-7-3-1-2-6(4-7)5-9-10/h1-4,8,10H,5H2. The average Bonchev–Trinajstić information content (AvgIpc) is 1.88. The third-order valence-corrected chi connectivity index (χ3v) is 1.27. The second kappa shape index (κ2) is 3.49. The molecule has 0 aliphatic carbocycles. The molecule has 0 aromatic heterocycles. The van der Waals surface area contributed by atoms with Crippen LogP contribution in [0.4, 0.5) is 0 Å². The molecule has 0 spiro atoms. The first-order valence-electron chi connectivity index (χ1n) is 2.87. The molecule has 2 nitrogen and oxygen atoms in total. The van der Waals surface area contributed by atoms with Crippen molar-refractivity contribution in [1.29, 1.82) is 0 Å². The van der Waals surface area contributed by atoms with Gasteiger partial charge in [0, 0.05) is 0 Å². The first-order chi connectivity index (χ1) is 4.83. The Hall–Kier alpha value is -0.670. The summed E-state index contributed by atoms with van der Waals surface area (Å²) in [7, 11) is 0. The molecular formula is C7H8O2S. The minimum absolute atomic E-state index is 0.253. The van der Waals surface area contributed by atoms with Crippen LogP contribution in [0.5, 0.6) is 5.75 Å². The number of aromatic hydroxyl groups is 1. The summed E-state index contributed by atoms with van der Waals surface area (Å²) >= 11 is 3.58. The van der Waals surface area contributed by atoms with E-state index in [0.717, 1.165) is 5.56 Å². The first kappa shape index (κ1) is 7.44. The molecule has 3 heteroatoms. The summed E-state index contributed by atoms with van der Waals surface area (Å²) < 4.78 is 4.57. The molecule has 1 aromatic carbocycles. The van der Waals surface area contributed by atoms with E-state index in [9.17, 15) is 0 Å². The van der Waals surface area contributed by atoms with Crippen molar-refractivity contribution in [2.24, 2.45) is 0 Å². The zero-order valence-corrected chi connectivity index (χ0v) is 6.21. The molecule has 0 amide bonds. The quantitative estimate of drug-likeness (QED) is 0.504. The predicted molar refractivity (Wildman–Crippen MR) is 41.9 cm³/mol. The van der Waals surface area contributed by atoms with E-state index in [-0.39, 0.29) is 5.75 Å². The van der Waals surface area contributed by atoms with E-state index >= 15 is 0 Å². The second-order valence-electron chi connectivity index (χ2n) is 1.94. The maximum atomic E-state index is 8.96. The van der Waals surface area contributed by atoms with Crippen molar-refractivity contribution in [2.75, 3.05) is 0 Å². The molecule has 0 fully saturated rings. The van der Waals surface area contributed by atoms with Crippen molar-refractivity contribution in [1.82, 2.24) is 0 Å². The fraction of sp³-hybridized carbons (Fsp3) is 0.143. The van der Waals surface area contributed by atoms with E-state index in [1.807, 2.05) is 6.07 Å². The van der Waals surface area contributed by atoms with Crippen molar-refractivity contribution < 1.29 is 9.29 Å². The molecule has 0 bridgehead atoms. The number of hydrogen-bond acceptors (Lipinski definition) is 3. The Morgan fingerprint density at radius 1 is 1.50 bits per heavy atom. The Morgan fingerprint density at radius 3 is 2.90 bits per heavy atom. The summed E-state index contributed by atoms with van der Waals surface area (Å²) in [6, 6.07) is 6.87. The van der Waals surface area contributed by atoms with E-state index < -0.39 is 0 Å². The molecule has 1 aromatic rings. The van der Waals surface area contributed by atoms with Gasteiger partial charge >= 0.3 is 0 Å². The Labute approximate surface area is 65.1 Å². The number of hydrogen-bond donors (Lipinski definition) is 2. The largest absolute Gasteiger partial charge is 0.508 e. The zero-order chi connectivity index (χ0) is 7.40. The number of benzene rings is 1. The molecule has 0 atom stereocenters. The first-order valence-corrected chi connectivity index (χ1v) is 3.23. The summed E-state index contributed by atoms with van der Waals surface area (Å²) in [4.78, 5) is 0. The molecule has 0 saturated carbocycles. The van der Waals surface area contributed by atoms with Gasteiger partial charge in [-0.15, -0.1) is 0 Å². The molecule has 0 unspecified atom stereocenters. The van der Waals surface area contributed by atoms with Gasteiger partial charge in [0.25, 0.3) is 0 Å². The summed E-state index contributed by atoms with van der Waals surface area (Å²) in [5, 5.41) is 8.96. The smallest absolute Gasteiger partial charge is 0.115 e. The lowest BCUT2D eigenvalue weighted by molar-refractivity contribution is 0.370. The van der Waals surface area contributed by atoms with Crippen molar-refractivity contribution in [3.05, 3.63) is 29.8 Å². The third-order valence-electron chi connectivity index (χ3n) is 1.14. The monoisotopic (exact) mass is 156 g/mol. The van der Waals surface area contributed by atoms with E-state index in [1.54, 1.807) is 18.2 Å². The maximum absolute atomic E-state index is 8.96. The molecule has 54 valence electrons. The van der Waals surface area contributed by atoms with Crippen LogP contribution in [0, 0.1) is 0 Å². The molecular weight excluding hydrogens is 148 g/mol. The van der Waals surface area contributed by atoms with Crippen LogP contribution >= 0.6 is 12.9 Å². The molecule has 0 radical (unpaired) electrons. The minimum atomic E-state index is 0.253. The summed E-state index contributed by atoms with van der Waals surface area (Å²) in [6.07, 6.45) is 0. The lowest BCUT2D eigenvalue weighted by Crippen LogP contribution is -1.81. The molecule has 1 N–H and O–H groups in total. The lowest BCUT2D eigenvalue weighted by Gasteiger charge is -1.97. The highest BCUT2D eigenvalue weighted by atomic mass is 32.1. The third kappa shape index (κ3) is 1.93. The molecule has 0 aliphatic heterocycles. The molecule has 0 heterocycles. The zero-order valence-electron chi connectivity index (χ0n) is 5.32. The van der Waals surface area contributed by atoms with Gasteiger partial charge in [0.05, 0.1) is 6.61 Å². The Balaban J connectivity index is 2.75. The number of phenolic OH excluding ortho intramolecular Hbond substituents is 1. The Morgan fingerprint density at radius 2 is 2.30 bits per heavy atom. The van der Waals surface area contributed by atoms with E-state index in [0.29, 0.717) is 6.61 Å². The van der Waals surface area contributed by atoms with Gasteiger partial charge in [-0.2, -0.15) is 0 Å². The van der Waals surface area contributed by atoms with Crippen LogP contribution in [0.2, 0.25) is 0 Å². The van der Waals surface area contributed by atoms with Crippen LogP contribution in [-0.2, 0) is 10.8 Å². The topological polar surface area (TPSA) is 29.5 Å².